The van der Waals surface area contributed by atoms with E-state index in [9.17, 15) is 17.6 Å². The number of amides is 1. The molecule has 1 aliphatic heterocycles. The first-order valence-corrected chi connectivity index (χ1v) is 12.7. The zero-order valence-electron chi connectivity index (χ0n) is 18.6. The highest BCUT2D eigenvalue weighted by Crippen LogP contribution is 2.24. The largest absolute Gasteiger partial charge is 0.484 e. The van der Waals surface area contributed by atoms with Crippen LogP contribution in [0.4, 0.5) is 9.18 Å². The number of likely N-dealkylation sites (tertiary alicyclic amines) is 1. The summed E-state index contributed by atoms with van der Waals surface area (Å²) in [5.41, 5.74) is 1.45. The number of halogens is 1. The number of ether oxygens (including phenoxy) is 2. The Morgan fingerprint density at radius 1 is 1.12 bits per heavy atom. The highest BCUT2D eigenvalue weighted by atomic mass is 32.2. The molecule has 1 amide bonds. The van der Waals surface area contributed by atoms with E-state index in [1.165, 1.54) is 12.1 Å². The maximum absolute atomic E-state index is 14.2. The minimum Gasteiger partial charge on any atom is -0.484 e. The first kappa shape index (κ1) is 23.7. The van der Waals surface area contributed by atoms with Crippen molar-refractivity contribution in [2.75, 3.05) is 19.3 Å². The molecule has 34 heavy (non-hydrogen) atoms. The summed E-state index contributed by atoms with van der Waals surface area (Å²) in [5, 5.41) is 8.69. The molecule has 0 atom stereocenters. The number of hydrogen-bond donors (Lipinski definition) is 0. The smallest absolute Gasteiger partial charge is 0.410 e. The standard InChI is InChI=1S/C23H25FN4O5S/c1-34(30,31)20-7-8-22(21(24)13-20)32-16-18-14-25-28(26-18)19-9-11-27(12-10-19)23(29)33-15-17-5-3-2-4-6-17/h2-8,13-14,19H,9-12,15-16H2,1H3. The summed E-state index contributed by atoms with van der Waals surface area (Å²) in [4.78, 5) is 15.5. The van der Waals surface area contributed by atoms with Crippen LogP contribution in [0.1, 0.15) is 30.1 Å². The number of hydrogen-bond acceptors (Lipinski definition) is 7. The van der Waals surface area contributed by atoms with E-state index in [0.29, 0.717) is 31.6 Å². The van der Waals surface area contributed by atoms with E-state index in [2.05, 4.69) is 10.2 Å². The summed E-state index contributed by atoms with van der Waals surface area (Å²) in [7, 11) is -3.50. The molecule has 180 valence electrons. The SMILES string of the molecule is CS(=O)(=O)c1ccc(OCc2cnn(C3CCN(C(=O)OCc4ccccc4)CC3)n2)c(F)c1. The van der Waals surface area contributed by atoms with Crippen molar-refractivity contribution in [1.29, 1.82) is 0 Å². The predicted molar refractivity (Wildman–Crippen MR) is 120 cm³/mol. The average Bonchev–Trinajstić information content (AvgIpc) is 3.31. The highest BCUT2D eigenvalue weighted by Gasteiger charge is 2.26. The molecule has 1 aromatic heterocycles. The first-order chi connectivity index (χ1) is 16.3. The minimum atomic E-state index is -3.50. The van der Waals surface area contributed by atoms with Gasteiger partial charge in [-0.2, -0.15) is 15.0 Å². The molecule has 0 saturated carbocycles. The Kier molecular flexibility index (Phi) is 7.11. The van der Waals surface area contributed by atoms with Crippen molar-refractivity contribution in [2.24, 2.45) is 0 Å². The van der Waals surface area contributed by atoms with Gasteiger partial charge >= 0.3 is 6.09 Å². The molecule has 0 spiro atoms. The second-order valence-corrected chi connectivity index (χ2v) is 10.1. The van der Waals surface area contributed by atoms with Crippen LogP contribution in [0.25, 0.3) is 0 Å². The van der Waals surface area contributed by atoms with Crippen LogP contribution < -0.4 is 4.74 Å². The molecule has 3 aromatic rings. The lowest BCUT2D eigenvalue weighted by Gasteiger charge is -2.30. The van der Waals surface area contributed by atoms with Crippen molar-refractivity contribution in [2.45, 2.75) is 37.0 Å². The Hall–Kier alpha value is -3.47. The van der Waals surface area contributed by atoms with Crippen LogP contribution in [0.3, 0.4) is 0 Å². The Bertz CT molecular complexity index is 1240. The van der Waals surface area contributed by atoms with E-state index >= 15 is 0 Å². The second-order valence-electron chi connectivity index (χ2n) is 8.07. The van der Waals surface area contributed by atoms with Crippen LogP contribution in [0, 0.1) is 5.82 Å². The molecule has 11 heteroatoms. The maximum Gasteiger partial charge on any atom is 0.410 e. The Morgan fingerprint density at radius 3 is 2.53 bits per heavy atom. The molecule has 1 aliphatic rings. The summed E-state index contributed by atoms with van der Waals surface area (Å²) >= 11 is 0. The van der Waals surface area contributed by atoms with E-state index in [1.54, 1.807) is 15.9 Å². The van der Waals surface area contributed by atoms with Gasteiger partial charge in [-0.15, -0.1) is 0 Å². The number of carbonyl (C=O) groups excluding carboxylic acids is 1. The monoisotopic (exact) mass is 488 g/mol. The quantitative estimate of drug-likeness (QED) is 0.502. The summed E-state index contributed by atoms with van der Waals surface area (Å²) in [5.74, 6) is -0.828. The molecule has 0 N–H and O–H groups in total. The molecule has 1 saturated heterocycles. The molecule has 4 rings (SSSR count). The van der Waals surface area contributed by atoms with Crippen molar-refractivity contribution in [3.05, 3.63) is 71.8 Å². The van der Waals surface area contributed by atoms with Gasteiger partial charge in [0.25, 0.3) is 0 Å². The van der Waals surface area contributed by atoms with Crippen LogP contribution in [0.2, 0.25) is 0 Å². The fourth-order valence-corrected chi connectivity index (χ4v) is 4.25. The van der Waals surface area contributed by atoms with Gasteiger partial charge in [-0.25, -0.2) is 17.6 Å². The van der Waals surface area contributed by atoms with Crippen molar-refractivity contribution >= 4 is 15.9 Å². The second kappa shape index (κ2) is 10.2. The van der Waals surface area contributed by atoms with Crippen LogP contribution in [0.15, 0.2) is 59.6 Å². The summed E-state index contributed by atoms with van der Waals surface area (Å²) in [6.45, 7) is 1.29. The number of piperidine rings is 1. The zero-order valence-corrected chi connectivity index (χ0v) is 19.4. The lowest BCUT2D eigenvalue weighted by Crippen LogP contribution is -2.39. The van der Waals surface area contributed by atoms with E-state index in [-0.39, 0.29) is 36.0 Å². The Morgan fingerprint density at radius 2 is 1.85 bits per heavy atom. The van der Waals surface area contributed by atoms with Gasteiger partial charge in [-0.05, 0) is 36.6 Å². The molecule has 2 aromatic carbocycles. The van der Waals surface area contributed by atoms with Crippen molar-refractivity contribution in [3.8, 4) is 5.75 Å². The van der Waals surface area contributed by atoms with E-state index in [0.717, 1.165) is 17.9 Å². The van der Waals surface area contributed by atoms with Crippen LogP contribution in [-0.2, 0) is 27.8 Å². The molecular weight excluding hydrogens is 463 g/mol. The normalized spacial score (nSPS) is 14.7. The van der Waals surface area contributed by atoms with Gasteiger partial charge in [0.15, 0.2) is 21.4 Å². The molecule has 0 unspecified atom stereocenters. The summed E-state index contributed by atoms with van der Waals surface area (Å²) < 4.78 is 48.0. The number of nitrogens with zero attached hydrogens (tertiary/aromatic N) is 4. The van der Waals surface area contributed by atoms with Gasteiger partial charge in [0.2, 0.25) is 0 Å². The van der Waals surface area contributed by atoms with E-state index in [1.807, 2.05) is 30.3 Å². The Balaban J connectivity index is 1.26. The lowest BCUT2D eigenvalue weighted by molar-refractivity contribution is 0.0807. The maximum atomic E-state index is 14.2. The Labute approximate surface area is 197 Å². The van der Waals surface area contributed by atoms with Crippen LogP contribution in [-0.4, -0.2) is 53.8 Å². The third-order valence-corrected chi connectivity index (χ3v) is 6.63. The number of carbonyl (C=O) groups is 1. The topological polar surface area (TPSA) is 104 Å². The van der Waals surface area contributed by atoms with Crippen molar-refractivity contribution < 1.29 is 27.1 Å². The summed E-state index contributed by atoms with van der Waals surface area (Å²) in [6, 6.07) is 13.1. The lowest BCUT2D eigenvalue weighted by atomic mass is 10.1. The van der Waals surface area contributed by atoms with Gasteiger partial charge in [-0.3, -0.25) is 0 Å². The molecule has 9 nitrogen and oxygen atoms in total. The summed E-state index contributed by atoms with van der Waals surface area (Å²) in [6.07, 6.45) is 3.57. The first-order valence-electron chi connectivity index (χ1n) is 10.8. The number of benzene rings is 2. The van der Waals surface area contributed by atoms with Gasteiger partial charge in [0, 0.05) is 19.3 Å². The third-order valence-electron chi connectivity index (χ3n) is 5.52. The molecule has 1 fully saturated rings. The van der Waals surface area contributed by atoms with Crippen molar-refractivity contribution in [1.82, 2.24) is 19.9 Å². The van der Waals surface area contributed by atoms with Gasteiger partial charge in [0.05, 0.1) is 17.1 Å². The van der Waals surface area contributed by atoms with E-state index < -0.39 is 15.7 Å². The number of sulfone groups is 1. The predicted octanol–water partition coefficient (Wildman–Crippen LogP) is 3.37. The zero-order chi connectivity index (χ0) is 24.1. The van der Waals surface area contributed by atoms with Crippen LogP contribution >= 0.6 is 0 Å². The molecular formula is C23H25FN4O5S. The molecule has 0 bridgehead atoms. The van der Waals surface area contributed by atoms with Gasteiger partial charge < -0.3 is 14.4 Å². The highest BCUT2D eigenvalue weighted by molar-refractivity contribution is 7.90. The average molecular weight is 489 g/mol. The van der Waals surface area contributed by atoms with E-state index in [4.69, 9.17) is 9.47 Å². The molecule has 0 aliphatic carbocycles. The molecule has 0 radical (unpaired) electrons. The van der Waals surface area contributed by atoms with Crippen molar-refractivity contribution in [3.63, 3.8) is 0 Å². The fraction of sp³-hybridized carbons (Fsp3) is 0.348. The third kappa shape index (κ3) is 5.90. The van der Waals surface area contributed by atoms with Gasteiger partial charge in [-0.1, -0.05) is 30.3 Å². The number of rotatable bonds is 7. The molecule has 2 heterocycles. The number of aromatic nitrogens is 3. The van der Waals surface area contributed by atoms with Gasteiger partial charge in [0.1, 0.15) is 18.9 Å². The minimum absolute atomic E-state index is 0.0141. The fourth-order valence-electron chi connectivity index (χ4n) is 3.62. The van der Waals surface area contributed by atoms with Crippen LogP contribution in [0.5, 0.6) is 5.75 Å².